The smallest absolute Gasteiger partial charge is 0.240 e. The number of ether oxygens (including phenoxy) is 1. The zero-order valence-corrected chi connectivity index (χ0v) is 11.4. The Morgan fingerprint density at radius 2 is 2.32 bits per heavy atom. The van der Waals surface area contributed by atoms with E-state index >= 15 is 0 Å². The van der Waals surface area contributed by atoms with Crippen molar-refractivity contribution < 1.29 is 13.9 Å². The van der Waals surface area contributed by atoms with E-state index in [-0.39, 0.29) is 18.2 Å². The van der Waals surface area contributed by atoms with E-state index in [1.165, 1.54) is 19.2 Å². The normalized spacial score (nSPS) is 10.7. The highest BCUT2D eigenvalue weighted by Gasteiger charge is 2.12. The number of carbonyl (C=O) groups is 1. The van der Waals surface area contributed by atoms with Crippen LogP contribution in [0.4, 0.5) is 4.39 Å². The van der Waals surface area contributed by atoms with Crippen molar-refractivity contribution >= 4 is 29.2 Å². The minimum atomic E-state index is -0.476. The molecule has 7 heteroatoms. The van der Waals surface area contributed by atoms with E-state index in [1.54, 1.807) is 4.57 Å². The predicted octanol–water partition coefficient (Wildman–Crippen LogP) is 1.98. The Kier molecular flexibility index (Phi) is 3.84. The van der Waals surface area contributed by atoms with Crippen LogP contribution in [0.1, 0.15) is 6.92 Å². The van der Waals surface area contributed by atoms with E-state index in [0.29, 0.717) is 22.3 Å². The average Bonchev–Trinajstić information content (AvgIpc) is 2.64. The number of hydrogen-bond donors (Lipinski definition) is 2. The number of carbonyl (C=O) groups excluding carboxylic acids is 1. The van der Waals surface area contributed by atoms with Crippen LogP contribution in [-0.4, -0.2) is 29.1 Å². The number of halogens is 1. The van der Waals surface area contributed by atoms with Gasteiger partial charge in [-0.2, -0.15) is 0 Å². The van der Waals surface area contributed by atoms with Crippen LogP contribution in [-0.2, 0) is 11.3 Å². The molecular weight excluding hydrogens is 269 g/mol. The van der Waals surface area contributed by atoms with Crippen LogP contribution in [0.25, 0.3) is 11.0 Å². The molecule has 102 valence electrons. The fraction of sp³-hybridized carbons (Fsp3) is 0.333. The number of likely N-dealkylation sites (N-methyl/N-ethyl adjacent to an activating group) is 1. The van der Waals surface area contributed by atoms with Gasteiger partial charge in [-0.25, -0.2) is 4.39 Å². The van der Waals surface area contributed by atoms with E-state index in [9.17, 15) is 9.18 Å². The highest BCUT2D eigenvalue weighted by atomic mass is 32.1. The van der Waals surface area contributed by atoms with Crippen molar-refractivity contribution in [1.82, 2.24) is 14.9 Å². The van der Waals surface area contributed by atoms with Gasteiger partial charge in [-0.05, 0) is 19.1 Å². The first-order valence-electron chi connectivity index (χ1n) is 5.79. The van der Waals surface area contributed by atoms with Crippen LogP contribution < -0.4 is 10.1 Å². The number of hydrogen-bond acceptors (Lipinski definition) is 3. The molecule has 1 aromatic heterocycles. The van der Waals surface area contributed by atoms with E-state index in [0.717, 1.165) is 0 Å². The SMILES string of the molecule is CCNC(=O)Cn1c(=S)[nH]c2cc(F)c(OC)cc21. The number of H-pyrrole nitrogens is 1. The molecule has 2 aromatic rings. The minimum absolute atomic E-state index is 0.0848. The van der Waals surface area contributed by atoms with Gasteiger partial charge in [0.2, 0.25) is 5.91 Å². The molecule has 2 rings (SSSR count). The number of nitrogens with zero attached hydrogens (tertiary/aromatic N) is 1. The number of imidazole rings is 1. The van der Waals surface area contributed by atoms with Crippen molar-refractivity contribution in [2.24, 2.45) is 0 Å². The number of nitrogens with one attached hydrogen (secondary N) is 2. The van der Waals surface area contributed by atoms with Gasteiger partial charge in [0.25, 0.3) is 0 Å². The predicted molar refractivity (Wildman–Crippen MR) is 72.3 cm³/mol. The van der Waals surface area contributed by atoms with Crippen LogP contribution in [0, 0.1) is 10.6 Å². The quantitative estimate of drug-likeness (QED) is 0.844. The van der Waals surface area contributed by atoms with Gasteiger partial charge in [0.05, 0.1) is 18.1 Å². The Bertz CT molecular complexity index is 677. The summed E-state index contributed by atoms with van der Waals surface area (Å²) in [5.41, 5.74) is 1.17. The molecule has 0 bridgehead atoms. The van der Waals surface area contributed by atoms with Gasteiger partial charge in [-0.1, -0.05) is 0 Å². The monoisotopic (exact) mass is 283 g/mol. The highest BCUT2D eigenvalue weighted by Crippen LogP contribution is 2.24. The Balaban J connectivity index is 2.51. The van der Waals surface area contributed by atoms with Gasteiger partial charge in [-0.15, -0.1) is 0 Å². The molecule has 0 aliphatic rings. The highest BCUT2D eigenvalue weighted by molar-refractivity contribution is 7.71. The van der Waals surface area contributed by atoms with Crippen molar-refractivity contribution in [2.45, 2.75) is 13.5 Å². The standard InChI is InChI=1S/C12H14FN3O2S/c1-3-14-11(17)6-16-9-5-10(18-2)7(13)4-8(9)15-12(16)19/h4-5H,3,6H2,1-2H3,(H,14,17)(H,15,19). The summed E-state index contributed by atoms with van der Waals surface area (Å²) in [6, 6.07) is 2.83. The first-order chi connectivity index (χ1) is 9.06. The first-order valence-corrected chi connectivity index (χ1v) is 6.20. The van der Waals surface area contributed by atoms with Gasteiger partial charge in [0.1, 0.15) is 6.54 Å². The second-order valence-corrected chi connectivity index (χ2v) is 4.36. The average molecular weight is 283 g/mol. The third-order valence-corrected chi connectivity index (χ3v) is 3.05. The molecule has 2 N–H and O–H groups in total. The molecular formula is C12H14FN3O2S. The van der Waals surface area contributed by atoms with Crippen molar-refractivity contribution in [3.63, 3.8) is 0 Å². The lowest BCUT2D eigenvalue weighted by molar-refractivity contribution is -0.121. The molecule has 0 aliphatic carbocycles. The second-order valence-electron chi connectivity index (χ2n) is 3.97. The van der Waals surface area contributed by atoms with E-state index < -0.39 is 5.82 Å². The number of fused-ring (bicyclic) bond motifs is 1. The minimum Gasteiger partial charge on any atom is -0.494 e. The lowest BCUT2D eigenvalue weighted by atomic mass is 10.3. The third kappa shape index (κ3) is 2.60. The number of aromatic amines is 1. The van der Waals surface area contributed by atoms with Crippen molar-refractivity contribution in [3.05, 3.63) is 22.7 Å². The van der Waals surface area contributed by atoms with Crippen LogP contribution in [0.2, 0.25) is 0 Å². The zero-order chi connectivity index (χ0) is 14.0. The van der Waals surface area contributed by atoms with Crippen LogP contribution in [0.3, 0.4) is 0 Å². The Hall–Kier alpha value is -1.89. The van der Waals surface area contributed by atoms with E-state index in [1.807, 2.05) is 6.92 Å². The van der Waals surface area contributed by atoms with E-state index in [4.69, 9.17) is 17.0 Å². The summed E-state index contributed by atoms with van der Waals surface area (Å²) in [7, 11) is 1.39. The molecule has 0 fully saturated rings. The van der Waals surface area contributed by atoms with Crippen molar-refractivity contribution in [1.29, 1.82) is 0 Å². The van der Waals surface area contributed by atoms with E-state index in [2.05, 4.69) is 10.3 Å². The maximum Gasteiger partial charge on any atom is 0.240 e. The number of rotatable bonds is 4. The first kappa shape index (κ1) is 13.5. The lowest BCUT2D eigenvalue weighted by Gasteiger charge is -2.06. The molecule has 0 radical (unpaired) electrons. The maximum absolute atomic E-state index is 13.6. The fourth-order valence-corrected chi connectivity index (χ4v) is 2.14. The second kappa shape index (κ2) is 5.40. The molecule has 1 aromatic carbocycles. The zero-order valence-electron chi connectivity index (χ0n) is 10.6. The topological polar surface area (TPSA) is 59.0 Å². The van der Waals surface area contributed by atoms with Crippen molar-refractivity contribution in [2.75, 3.05) is 13.7 Å². The number of methoxy groups -OCH3 is 1. The summed E-state index contributed by atoms with van der Waals surface area (Å²) in [6.07, 6.45) is 0. The van der Waals surface area contributed by atoms with Gasteiger partial charge in [0.15, 0.2) is 16.3 Å². The summed E-state index contributed by atoms with van der Waals surface area (Å²) in [5, 5.41) is 2.69. The molecule has 1 amide bonds. The molecule has 0 saturated carbocycles. The molecule has 0 atom stereocenters. The van der Waals surface area contributed by atoms with Gasteiger partial charge < -0.3 is 19.6 Å². The lowest BCUT2D eigenvalue weighted by Crippen LogP contribution is -2.27. The Labute approximate surface area is 114 Å². The number of aromatic nitrogens is 2. The van der Waals surface area contributed by atoms with Gasteiger partial charge in [0, 0.05) is 18.7 Å². The fourth-order valence-electron chi connectivity index (χ4n) is 1.87. The molecule has 0 unspecified atom stereocenters. The summed E-state index contributed by atoms with van der Waals surface area (Å²) in [4.78, 5) is 14.5. The van der Waals surface area contributed by atoms with Crippen LogP contribution in [0.15, 0.2) is 12.1 Å². The Morgan fingerprint density at radius 3 is 2.95 bits per heavy atom. The number of amides is 1. The summed E-state index contributed by atoms with van der Waals surface area (Å²) < 4.78 is 20.5. The van der Waals surface area contributed by atoms with Crippen LogP contribution in [0.5, 0.6) is 5.75 Å². The van der Waals surface area contributed by atoms with Crippen molar-refractivity contribution in [3.8, 4) is 5.75 Å². The third-order valence-electron chi connectivity index (χ3n) is 2.72. The number of benzene rings is 1. The summed E-state index contributed by atoms with van der Waals surface area (Å²) in [5.74, 6) is -0.509. The Morgan fingerprint density at radius 1 is 1.58 bits per heavy atom. The largest absolute Gasteiger partial charge is 0.494 e. The molecule has 1 heterocycles. The summed E-state index contributed by atoms with van der Waals surface area (Å²) >= 11 is 5.14. The molecule has 19 heavy (non-hydrogen) atoms. The van der Waals surface area contributed by atoms with Crippen LogP contribution >= 0.6 is 12.2 Å². The summed E-state index contributed by atoms with van der Waals surface area (Å²) in [6.45, 7) is 2.47. The molecule has 5 nitrogen and oxygen atoms in total. The van der Waals surface area contributed by atoms with Gasteiger partial charge >= 0.3 is 0 Å². The molecule has 0 saturated heterocycles. The van der Waals surface area contributed by atoms with Gasteiger partial charge in [-0.3, -0.25) is 4.79 Å². The molecule has 0 spiro atoms. The molecule has 0 aliphatic heterocycles. The maximum atomic E-state index is 13.6.